The van der Waals surface area contributed by atoms with Crippen LogP contribution in [-0.4, -0.2) is 10.9 Å². The zero-order chi connectivity index (χ0) is 13.8. The molecule has 0 aliphatic heterocycles. The zero-order valence-electron chi connectivity index (χ0n) is 10.7. The average Bonchev–Trinajstić information content (AvgIpc) is 2.74. The minimum atomic E-state index is -0.242. The van der Waals surface area contributed by atoms with Gasteiger partial charge in [0.2, 0.25) is 0 Å². The highest BCUT2D eigenvalue weighted by atomic mass is 32.1. The first-order valence-electron chi connectivity index (χ1n) is 5.91. The lowest BCUT2D eigenvalue weighted by Gasteiger charge is -2.02. The number of aryl methyl sites for hydroxylation is 1. The van der Waals surface area contributed by atoms with Crippen molar-refractivity contribution in [2.75, 3.05) is 5.32 Å². The maximum Gasteiger partial charge on any atom is 0.257 e. The minimum absolute atomic E-state index is 0.242. The molecule has 0 radical (unpaired) electrons. The number of pyridine rings is 1. The van der Waals surface area contributed by atoms with Crippen LogP contribution in [-0.2, 0) is 6.42 Å². The van der Waals surface area contributed by atoms with Crippen molar-refractivity contribution in [2.24, 2.45) is 0 Å². The average molecular weight is 271 g/mol. The fourth-order valence-electron chi connectivity index (χ4n) is 1.88. The van der Waals surface area contributed by atoms with Gasteiger partial charge < -0.3 is 5.32 Å². The van der Waals surface area contributed by atoms with E-state index < -0.39 is 0 Å². The van der Waals surface area contributed by atoms with E-state index in [0.29, 0.717) is 16.1 Å². The van der Waals surface area contributed by atoms with Crippen molar-refractivity contribution in [1.82, 2.24) is 4.98 Å². The topological polar surface area (TPSA) is 65.8 Å². The van der Waals surface area contributed by atoms with Crippen LogP contribution in [0.4, 0.5) is 5.00 Å². The summed E-state index contributed by atoms with van der Waals surface area (Å²) in [6, 6.07) is 5.57. The fourth-order valence-corrected chi connectivity index (χ4v) is 2.97. The molecular weight excluding hydrogens is 258 g/mol. The Kier molecular flexibility index (Phi) is 3.93. The number of amides is 1. The van der Waals surface area contributed by atoms with Crippen LogP contribution in [0.5, 0.6) is 0 Å². The third-order valence-electron chi connectivity index (χ3n) is 2.83. The number of carbonyl (C=O) groups excluding carboxylic acids is 1. The molecule has 0 saturated heterocycles. The number of nitrogens with one attached hydrogen (secondary N) is 1. The summed E-state index contributed by atoms with van der Waals surface area (Å²) < 4.78 is 0. The molecule has 0 atom stereocenters. The summed E-state index contributed by atoms with van der Waals surface area (Å²) in [7, 11) is 0. The highest BCUT2D eigenvalue weighted by Gasteiger charge is 2.16. The van der Waals surface area contributed by atoms with Crippen LogP contribution in [0, 0.1) is 18.3 Å². The Hall–Kier alpha value is -2.19. The van der Waals surface area contributed by atoms with Crippen LogP contribution in [0.3, 0.4) is 0 Å². The number of nitrogens with zero attached hydrogens (tertiary/aromatic N) is 2. The van der Waals surface area contributed by atoms with Crippen molar-refractivity contribution >= 4 is 22.2 Å². The molecule has 0 aromatic carbocycles. The molecule has 0 unspecified atom stereocenters. The summed E-state index contributed by atoms with van der Waals surface area (Å²) >= 11 is 1.44. The fraction of sp³-hybridized carbons (Fsp3) is 0.214. The van der Waals surface area contributed by atoms with Crippen LogP contribution < -0.4 is 5.32 Å². The van der Waals surface area contributed by atoms with E-state index in [1.807, 2.05) is 13.8 Å². The maximum atomic E-state index is 12.0. The van der Waals surface area contributed by atoms with Crippen molar-refractivity contribution < 1.29 is 4.79 Å². The number of rotatable bonds is 3. The predicted molar refractivity (Wildman–Crippen MR) is 75.3 cm³/mol. The Balaban J connectivity index is 2.30. The number of anilines is 1. The Morgan fingerprint density at radius 2 is 2.37 bits per heavy atom. The smallest absolute Gasteiger partial charge is 0.257 e. The molecule has 2 aromatic heterocycles. The largest absolute Gasteiger partial charge is 0.312 e. The third-order valence-corrected chi connectivity index (χ3v) is 3.89. The van der Waals surface area contributed by atoms with Crippen LogP contribution in [0.2, 0.25) is 0 Å². The highest BCUT2D eigenvalue weighted by molar-refractivity contribution is 7.16. The molecule has 19 heavy (non-hydrogen) atoms. The lowest BCUT2D eigenvalue weighted by molar-refractivity contribution is 0.102. The predicted octanol–water partition coefficient (Wildman–Crippen LogP) is 3.14. The third kappa shape index (κ3) is 2.64. The standard InChI is InChI=1S/C14H13N3OS/c1-3-11-9(2)19-14(12(11)7-15)17-13(18)10-5-4-6-16-8-10/h4-6,8H,3H2,1-2H3,(H,17,18). The SMILES string of the molecule is CCc1c(C)sc(NC(=O)c2cccnc2)c1C#N. The quantitative estimate of drug-likeness (QED) is 0.932. The van der Waals surface area contributed by atoms with E-state index in [4.69, 9.17) is 0 Å². The number of thiophene rings is 1. The molecule has 0 aliphatic carbocycles. The first-order valence-corrected chi connectivity index (χ1v) is 6.72. The van der Waals surface area contributed by atoms with Crippen LogP contribution in [0.15, 0.2) is 24.5 Å². The highest BCUT2D eigenvalue weighted by Crippen LogP contribution is 2.32. The van der Waals surface area contributed by atoms with Gasteiger partial charge in [-0.15, -0.1) is 11.3 Å². The molecule has 1 amide bonds. The molecule has 1 N–H and O–H groups in total. The van der Waals surface area contributed by atoms with Crippen molar-refractivity contribution in [3.8, 4) is 6.07 Å². The summed E-state index contributed by atoms with van der Waals surface area (Å²) in [6.45, 7) is 3.96. The Bertz CT molecular complexity index is 641. The van der Waals surface area contributed by atoms with Gasteiger partial charge in [-0.3, -0.25) is 9.78 Å². The Morgan fingerprint density at radius 1 is 1.58 bits per heavy atom. The van der Waals surface area contributed by atoms with Gasteiger partial charge in [-0.1, -0.05) is 6.92 Å². The van der Waals surface area contributed by atoms with Gasteiger partial charge in [0.1, 0.15) is 11.1 Å². The summed E-state index contributed by atoms with van der Waals surface area (Å²) in [4.78, 5) is 17.0. The molecule has 2 aromatic rings. The van der Waals surface area contributed by atoms with E-state index in [9.17, 15) is 10.1 Å². The monoisotopic (exact) mass is 271 g/mol. The van der Waals surface area contributed by atoms with E-state index >= 15 is 0 Å². The molecule has 4 nitrogen and oxygen atoms in total. The first-order chi connectivity index (χ1) is 9.17. The summed E-state index contributed by atoms with van der Waals surface area (Å²) in [5, 5.41) is 12.6. The summed E-state index contributed by atoms with van der Waals surface area (Å²) in [5.74, 6) is -0.242. The second-order valence-corrected chi connectivity index (χ2v) is 5.23. The molecule has 0 bridgehead atoms. The van der Waals surface area contributed by atoms with Crippen molar-refractivity contribution in [2.45, 2.75) is 20.3 Å². The maximum absolute atomic E-state index is 12.0. The second-order valence-electron chi connectivity index (χ2n) is 4.00. The Labute approximate surface area is 115 Å². The van der Waals surface area contributed by atoms with Gasteiger partial charge in [-0.2, -0.15) is 5.26 Å². The zero-order valence-corrected chi connectivity index (χ0v) is 11.5. The van der Waals surface area contributed by atoms with Crippen molar-refractivity contribution in [3.05, 3.63) is 46.1 Å². The number of nitriles is 1. The molecule has 2 rings (SSSR count). The first kappa shape index (κ1) is 13.2. The van der Waals surface area contributed by atoms with Gasteiger partial charge >= 0.3 is 0 Å². The van der Waals surface area contributed by atoms with Crippen molar-refractivity contribution in [3.63, 3.8) is 0 Å². The molecule has 2 heterocycles. The van der Waals surface area contributed by atoms with Gasteiger partial charge in [0, 0.05) is 17.3 Å². The molecule has 0 fully saturated rings. The van der Waals surface area contributed by atoms with Gasteiger partial charge in [0.25, 0.3) is 5.91 Å². The Morgan fingerprint density at radius 3 is 2.95 bits per heavy atom. The second kappa shape index (κ2) is 5.63. The number of aromatic nitrogens is 1. The van der Waals surface area contributed by atoms with Crippen molar-refractivity contribution in [1.29, 1.82) is 5.26 Å². The summed E-state index contributed by atoms with van der Waals surface area (Å²) in [6.07, 6.45) is 3.90. The van der Waals surface area contributed by atoms with Crippen LogP contribution in [0.1, 0.15) is 33.3 Å². The lowest BCUT2D eigenvalue weighted by Crippen LogP contribution is -2.11. The van der Waals surface area contributed by atoms with Gasteiger partial charge in [0.15, 0.2) is 0 Å². The molecule has 0 saturated carbocycles. The van der Waals surface area contributed by atoms with Gasteiger partial charge in [0.05, 0.1) is 11.1 Å². The summed E-state index contributed by atoms with van der Waals surface area (Å²) in [5.41, 5.74) is 2.06. The molecule has 0 aliphatic rings. The lowest BCUT2D eigenvalue weighted by atomic mass is 10.1. The van der Waals surface area contributed by atoms with Gasteiger partial charge in [-0.25, -0.2) is 0 Å². The van der Waals surface area contributed by atoms with E-state index in [0.717, 1.165) is 16.9 Å². The van der Waals surface area contributed by atoms with E-state index in [-0.39, 0.29) is 5.91 Å². The number of carbonyl (C=O) groups is 1. The molecule has 96 valence electrons. The van der Waals surface area contributed by atoms with Gasteiger partial charge in [-0.05, 0) is 31.0 Å². The molecule has 5 heteroatoms. The molecular formula is C14H13N3OS. The van der Waals surface area contributed by atoms with E-state index in [2.05, 4.69) is 16.4 Å². The normalized spacial score (nSPS) is 9.95. The van der Waals surface area contributed by atoms with E-state index in [1.165, 1.54) is 17.5 Å². The minimum Gasteiger partial charge on any atom is -0.312 e. The molecule has 0 spiro atoms. The number of hydrogen-bond acceptors (Lipinski definition) is 4. The van der Waals surface area contributed by atoms with Crippen LogP contribution in [0.25, 0.3) is 0 Å². The number of hydrogen-bond donors (Lipinski definition) is 1. The van der Waals surface area contributed by atoms with Crippen LogP contribution >= 0.6 is 11.3 Å². The van der Waals surface area contributed by atoms with E-state index in [1.54, 1.807) is 18.3 Å².